The van der Waals surface area contributed by atoms with Crippen molar-refractivity contribution in [1.29, 1.82) is 0 Å². The van der Waals surface area contributed by atoms with E-state index in [1.54, 1.807) is 21.1 Å². The number of ether oxygens (including phenoxy) is 1. The summed E-state index contributed by atoms with van der Waals surface area (Å²) in [5, 5.41) is 10.6. The van der Waals surface area contributed by atoms with E-state index in [0.717, 1.165) is 33.6 Å². The van der Waals surface area contributed by atoms with Gasteiger partial charge in [-0.15, -0.1) is 11.3 Å². The van der Waals surface area contributed by atoms with Crippen molar-refractivity contribution in [1.82, 2.24) is 30.7 Å². The van der Waals surface area contributed by atoms with Crippen LogP contribution in [0.1, 0.15) is 36.8 Å². The number of hydrogen-bond acceptors (Lipinski definition) is 10. The number of rotatable bonds is 13. The van der Waals surface area contributed by atoms with E-state index in [-0.39, 0.29) is 75.9 Å². The van der Waals surface area contributed by atoms with Crippen LogP contribution in [0.3, 0.4) is 0 Å². The molecule has 0 unspecified atom stereocenters. The molecule has 3 aliphatic heterocycles. The summed E-state index contributed by atoms with van der Waals surface area (Å²) in [6.07, 6.45) is 4.85. The molecule has 5 rings (SSSR count). The van der Waals surface area contributed by atoms with E-state index in [1.165, 1.54) is 23.3 Å². The molecule has 0 aliphatic carbocycles. The fraction of sp³-hybridized carbons (Fsp3) is 0.485. The number of thiophene rings is 1. The number of piperazine rings is 1. The quantitative estimate of drug-likeness (QED) is 0.201. The Balaban J connectivity index is 0.937. The summed E-state index contributed by atoms with van der Waals surface area (Å²) in [5.41, 5.74) is 3.53. The van der Waals surface area contributed by atoms with Gasteiger partial charge in [-0.3, -0.25) is 33.7 Å². The van der Waals surface area contributed by atoms with Crippen molar-refractivity contribution in [2.24, 2.45) is 0 Å². The first-order valence-corrected chi connectivity index (χ1v) is 17.2. The molecule has 4 heterocycles. The number of aryl methyl sites for hydroxylation is 1. The standard InChI is InChI=1S/C33H41N7O8S/c1-21-20-49-32-24(16-23-22(31(21)32)9-11-37(23)2)48-33(47)39-14-12-38(13-15-39)30(46)19-36-27(43)18-35-26(42)17-34-25(41)6-4-3-5-10-40-28(44)7-8-29(40)45/h7-8,16,20H,3-6,9-15,17-19H2,1-2H3,(H,34,41)(H,35,42)(H,36,43). The number of imide groups is 1. The molecule has 1 saturated heterocycles. The van der Waals surface area contributed by atoms with Gasteiger partial charge in [-0.25, -0.2) is 4.79 Å². The minimum atomic E-state index is -0.560. The highest BCUT2D eigenvalue weighted by atomic mass is 32.1. The largest absolute Gasteiger partial charge is 0.415 e. The maximum Gasteiger partial charge on any atom is 0.415 e. The van der Waals surface area contributed by atoms with Crippen LogP contribution < -0.4 is 25.6 Å². The second kappa shape index (κ2) is 15.9. The fourth-order valence-corrected chi connectivity index (χ4v) is 7.04. The predicted molar refractivity (Wildman–Crippen MR) is 181 cm³/mol. The van der Waals surface area contributed by atoms with Gasteiger partial charge in [0, 0.05) is 82.0 Å². The van der Waals surface area contributed by atoms with Gasteiger partial charge in [0.15, 0.2) is 5.75 Å². The number of hydrogen-bond donors (Lipinski definition) is 3. The zero-order valence-electron chi connectivity index (χ0n) is 27.7. The van der Waals surface area contributed by atoms with Gasteiger partial charge in [0.1, 0.15) is 0 Å². The zero-order valence-corrected chi connectivity index (χ0v) is 28.5. The van der Waals surface area contributed by atoms with Crippen molar-refractivity contribution < 1.29 is 38.3 Å². The van der Waals surface area contributed by atoms with Gasteiger partial charge >= 0.3 is 6.09 Å². The van der Waals surface area contributed by atoms with Crippen LogP contribution in [0.25, 0.3) is 10.1 Å². The lowest BCUT2D eigenvalue weighted by molar-refractivity contribution is -0.137. The zero-order chi connectivity index (χ0) is 35.1. The van der Waals surface area contributed by atoms with Gasteiger partial charge in [0.05, 0.1) is 24.3 Å². The van der Waals surface area contributed by atoms with E-state index >= 15 is 0 Å². The van der Waals surface area contributed by atoms with E-state index in [2.05, 4.69) is 33.2 Å². The second-order valence-corrected chi connectivity index (χ2v) is 13.1. The molecule has 1 aromatic carbocycles. The number of likely N-dealkylation sites (N-methyl/N-ethyl adjacent to an activating group) is 1. The van der Waals surface area contributed by atoms with Crippen molar-refractivity contribution in [2.45, 2.75) is 39.0 Å². The average Bonchev–Trinajstić information content (AvgIpc) is 3.77. The smallest absolute Gasteiger partial charge is 0.409 e. The molecule has 0 radical (unpaired) electrons. The van der Waals surface area contributed by atoms with Gasteiger partial charge in [-0.2, -0.15) is 0 Å². The van der Waals surface area contributed by atoms with Crippen LogP contribution in [0.15, 0.2) is 23.6 Å². The summed E-state index contributed by atoms with van der Waals surface area (Å²) < 4.78 is 6.84. The summed E-state index contributed by atoms with van der Waals surface area (Å²) in [6.45, 7) is 3.51. The molecule has 1 aromatic heterocycles. The van der Waals surface area contributed by atoms with Crippen LogP contribution in [0, 0.1) is 6.92 Å². The first-order valence-electron chi connectivity index (χ1n) is 16.3. The molecule has 262 valence electrons. The highest BCUT2D eigenvalue weighted by Gasteiger charge is 2.28. The molecular formula is C33H41N7O8S. The van der Waals surface area contributed by atoms with Gasteiger partial charge in [0.25, 0.3) is 11.8 Å². The highest BCUT2D eigenvalue weighted by Crippen LogP contribution is 2.44. The topological polar surface area (TPSA) is 178 Å². The van der Waals surface area contributed by atoms with Crippen LogP contribution >= 0.6 is 11.3 Å². The molecule has 0 bridgehead atoms. The Labute approximate surface area is 287 Å². The summed E-state index contributed by atoms with van der Waals surface area (Å²) in [4.78, 5) is 91.5. The monoisotopic (exact) mass is 695 g/mol. The third-order valence-corrected chi connectivity index (χ3v) is 9.90. The van der Waals surface area contributed by atoms with Crippen LogP contribution in [-0.4, -0.2) is 122 Å². The molecule has 3 N–H and O–H groups in total. The third kappa shape index (κ3) is 8.73. The predicted octanol–water partition coefficient (Wildman–Crippen LogP) is 0.679. The lowest BCUT2D eigenvalue weighted by atomic mass is 10.0. The van der Waals surface area contributed by atoms with Crippen LogP contribution in [0.5, 0.6) is 5.75 Å². The molecule has 1 fully saturated rings. The molecule has 2 aromatic rings. The van der Waals surface area contributed by atoms with Crippen LogP contribution in [0.2, 0.25) is 0 Å². The third-order valence-electron chi connectivity index (χ3n) is 8.79. The molecule has 0 atom stereocenters. The fourth-order valence-electron chi connectivity index (χ4n) is 6.01. The minimum Gasteiger partial charge on any atom is -0.409 e. The molecule has 3 aliphatic rings. The summed E-state index contributed by atoms with van der Waals surface area (Å²) >= 11 is 1.56. The number of anilines is 1. The van der Waals surface area contributed by atoms with Crippen molar-refractivity contribution in [3.8, 4) is 5.75 Å². The van der Waals surface area contributed by atoms with E-state index in [0.29, 0.717) is 31.6 Å². The van der Waals surface area contributed by atoms with Gasteiger partial charge in [-0.05, 0) is 42.7 Å². The number of unbranched alkanes of at least 4 members (excludes halogenated alkanes) is 2. The Kier molecular flexibility index (Phi) is 11.5. The number of fused-ring (bicyclic) bond motifs is 3. The molecule has 0 saturated carbocycles. The number of benzene rings is 1. The van der Waals surface area contributed by atoms with Gasteiger partial charge in [0.2, 0.25) is 23.6 Å². The highest BCUT2D eigenvalue weighted by molar-refractivity contribution is 7.17. The van der Waals surface area contributed by atoms with E-state index < -0.39 is 17.9 Å². The number of amides is 7. The Morgan fingerprint density at radius 2 is 1.45 bits per heavy atom. The molecule has 0 spiro atoms. The van der Waals surface area contributed by atoms with Crippen LogP contribution in [0.4, 0.5) is 10.5 Å². The van der Waals surface area contributed by atoms with Crippen molar-refractivity contribution in [3.05, 3.63) is 34.7 Å². The molecule has 7 amide bonds. The average molecular weight is 696 g/mol. The SMILES string of the molecule is Cc1csc2c(OC(=O)N3CCN(C(=O)CNC(=O)CNC(=O)CNC(=O)CCCCCN4C(=O)C=CC4=O)CC3)cc3c(c12)CCN3C. The molecule has 49 heavy (non-hydrogen) atoms. The van der Waals surface area contributed by atoms with Crippen molar-refractivity contribution in [2.75, 3.05) is 70.9 Å². The lowest BCUT2D eigenvalue weighted by Crippen LogP contribution is -2.53. The molecule has 15 nitrogen and oxygen atoms in total. The van der Waals surface area contributed by atoms with Crippen LogP contribution in [-0.2, 0) is 35.2 Å². The summed E-state index contributed by atoms with van der Waals surface area (Å²) in [7, 11) is 2.03. The van der Waals surface area contributed by atoms with E-state index in [1.807, 2.05) is 13.1 Å². The number of carbonyl (C=O) groups excluding carboxylic acids is 7. The summed E-state index contributed by atoms with van der Waals surface area (Å²) in [6, 6.07) is 1.94. The maximum absolute atomic E-state index is 13.1. The second-order valence-electron chi connectivity index (χ2n) is 12.2. The van der Waals surface area contributed by atoms with Crippen molar-refractivity contribution >= 4 is 68.6 Å². The summed E-state index contributed by atoms with van der Waals surface area (Å²) in [5.74, 6) is -1.89. The Morgan fingerprint density at radius 1 is 0.816 bits per heavy atom. The lowest BCUT2D eigenvalue weighted by Gasteiger charge is -2.34. The normalized spacial score (nSPS) is 15.6. The number of nitrogens with one attached hydrogen (secondary N) is 3. The minimum absolute atomic E-state index is 0.177. The Morgan fingerprint density at radius 3 is 2.14 bits per heavy atom. The Hall–Kier alpha value is -4.99. The van der Waals surface area contributed by atoms with E-state index in [4.69, 9.17) is 4.74 Å². The first kappa shape index (κ1) is 35.3. The molecular weight excluding hydrogens is 654 g/mol. The number of carbonyl (C=O) groups is 7. The van der Waals surface area contributed by atoms with Gasteiger partial charge < -0.3 is 35.4 Å². The Bertz CT molecular complexity index is 1660. The molecule has 16 heteroatoms. The van der Waals surface area contributed by atoms with E-state index in [9.17, 15) is 33.6 Å². The first-order chi connectivity index (χ1) is 23.5. The maximum atomic E-state index is 13.1. The van der Waals surface area contributed by atoms with Gasteiger partial charge in [-0.1, -0.05) is 6.42 Å². The number of nitrogens with zero attached hydrogens (tertiary/aromatic N) is 4. The van der Waals surface area contributed by atoms with Crippen molar-refractivity contribution in [3.63, 3.8) is 0 Å².